The van der Waals surface area contributed by atoms with E-state index in [0.717, 1.165) is 34.9 Å². The fourth-order valence-corrected chi connectivity index (χ4v) is 6.50. The summed E-state index contributed by atoms with van der Waals surface area (Å²) in [5, 5.41) is 12.3. The minimum Gasteiger partial charge on any atom is -0.618 e. The van der Waals surface area contributed by atoms with E-state index in [1.54, 1.807) is 12.1 Å². The molecule has 0 spiro atoms. The Morgan fingerprint density at radius 3 is 2.46 bits per heavy atom. The molecule has 4 nitrogen and oxygen atoms in total. The van der Waals surface area contributed by atoms with Crippen LogP contribution in [0.15, 0.2) is 29.4 Å². The summed E-state index contributed by atoms with van der Waals surface area (Å²) in [7, 11) is 0. The van der Waals surface area contributed by atoms with Gasteiger partial charge in [-0.1, -0.05) is 0 Å². The molecule has 4 bridgehead atoms. The van der Waals surface area contributed by atoms with Crippen LogP contribution in [0.5, 0.6) is 0 Å². The van der Waals surface area contributed by atoms with Crippen molar-refractivity contribution < 1.29 is 9.52 Å². The molecule has 5 heteroatoms. The highest BCUT2D eigenvalue weighted by Gasteiger charge is 2.50. The van der Waals surface area contributed by atoms with Crippen LogP contribution < -0.4 is 4.73 Å². The minimum absolute atomic E-state index is 0.198. The Kier molecular flexibility index (Phi) is 4.46. The molecule has 0 N–H and O–H groups in total. The van der Waals surface area contributed by atoms with Gasteiger partial charge in [-0.2, -0.15) is 4.73 Å². The van der Waals surface area contributed by atoms with Gasteiger partial charge in [-0.15, -0.1) is 0 Å². The third-order valence-electron chi connectivity index (χ3n) is 6.33. The molecule has 4 saturated carbocycles. The molecule has 1 amide bonds. The maximum Gasteiger partial charge on any atom is 0.251 e. The SMILES string of the molecule is CCN(C(=O)CSc1cccc[n+]1[O-])C1C2CC3CC(C2)CC1C3. The number of aromatic nitrogens is 1. The summed E-state index contributed by atoms with van der Waals surface area (Å²) in [5.74, 6) is 3.85. The van der Waals surface area contributed by atoms with Crippen molar-refractivity contribution in [3.05, 3.63) is 29.6 Å². The van der Waals surface area contributed by atoms with Crippen molar-refractivity contribution in [2.75, 3.05) is 12.3 Å². The van der Waals surface area contributed by atoms with Crippen molar-refractivity contribution in [3.63, 3.8) is 0 Å². The normalized spacial score (nSPS) is 33.6. The Hall–Kier alpha value is -1.23. The highest BCUT2D eigenvalue weighted by molar-refractivity contribution is 7.99. The van der Waals surface area contributed by atoms with E-state index in [-0.39, 0.29) is 5.91 Å². The Balaban J connectivity index is 1.43. The molecule has 0 unspecified atom stereocenters. The second-order valence-corrected chi connectivity index (χ2v) is 8.75. The number of hydrogen-bond donors (Lipinski definition) is 0. The molecule has 1 heterocycles. The summed E-state index contributed by atoms with van der Waals surface area (Å²) >= 11 is 1.36. The molecule has 0 atom stereocenters. The van der Waals surface area contributed by atoms with E-state index in [2.05, 4.69) is 11.8 Å². The summed E-state index contributed by atoms with van der Waals surface area (Å²) < 4.78 is 0.844. The van der Waals surface area contributed by atoms with E-state index in [4.69, 9.17) is 0 Å². The summed E-state index contributed by atoms with van der Waals surface area (Å²) in [6, 6.07) is 5.79. The zero-order valence-corrected chi connectivity index (χ0v) is 15.1. The smallest absolute Gasteiger partial charge is 0.251 e. The highest BCUT2D eigenvalue weighted by atomic mass is 32.2. The molecule has 5 rings (SSSR count). The summed E-state index contributed by atoms with van der Waals surface area (Å²) in [6.45, 7) is 2.89. The third-order valence-corrected chi connectivity index (χ3v) is 7.33. The minimum atomic E-state index is 0.198. The number of carbonyl (C=O) groups excluding carboxylic acids is 1. The van der Waals surface area contributed by atoms with Gasteiger partial charge in [-0.05, 0) is 80.5 Å². The lowest BCUT2D eigenvalue weighted by atomic mass is 9.54. The average Bonchev–Trinajstić information content (AvgIpc) is 2.56. The quantitative estimate of drug-likeness (QED) is 0.468. The lowest BCUT2D eigenvalue weighted by molar-refractivity contribution is -0.645. The third kappa shape index (κ3) is 2.92. The van der Waals surface area contributed by atoms with E-state index >= 15 is 0 Å². The van der Waals surface area contributed by atoms with E-state index in [0.29, 0.717) is 16.8 Å². The van der Waals surface area contributed by atoms with Crippen molar-refractivity contribution in [1.29, 1.82) is 0 Å². The van der Waals surface area contributed by atoms with E-state index in [9.17, 15) is 10.0 Å². The fraction of sp³-hybridized carbons (Fsp3) is 0.684. The van der Waals surface area contributed by atoms with E-state index in [1.165, 1.54) is 50.1 Å². The average molecular weight is 346 g/mol. The van der Waals surface area contributed by atoms with Crippen molar-refractivity contribution in [3.8, 4) is 0 Å². The number of thioether (sulfide) groups is 1. The molecule has 24 heavy (non-hydrogen) atoms. The van der Waals surface area contributed by atoms with Crippen LogP contribution in [0.4, 0.5) is 0 Å². The Morgan fingerprint density at radius 1 is 1.21 bits per heavy atom. The lowest BCUT2D eigenvalue weighted by Crippen LogP contribution is -2.57. The molecule has 1 aromatic rings. The van der Waals surface area contributed by atoms with Gasteiger partial charge in [0.25, 0.3) is 5.03 Å². The second-order valence-electron chi connectivity index (χ2n) is 7.75. The predicted molar refractivity (Wildman–Crippen MR) is 94.3 cm³/mol. The second kappa shape index (κ2) is 6.58. The van der Waals surface area contributed by atoms with Gasteiger partial charge in [0.2, 0.25) is 5.91 Å². The van der Waals surface area contributed by atoms with E-state index in [1.807, 2.05) is 6.07 Å². The van der Waals surface area contributed by atoms with Crippen molar-refractivity contribution >= 4 is 17.7 Å². The van der Waals surface area contributed by atoms with Gasteiger partial charge in [0.1, 0.15) is 0 Å². The molecule has 0 aromatic carbocycles. The first-order valence-corrected chi connectivity index (χ1v) is 10.2. The number of amides is 1. The van der Waals surface area contributed by atoms with Crippen LogP contribution in [-0.4, -0.2) is 29.1 Å². The number of hydrogen-bond acceptors (Lipinski definition) is 3. The highest BCUT2D eigenvalue weighted by Crippen LogP contribution is 2.55. The Morgan fingerprint density at radius 2 is 1.88 bits per heavy atom. The first-order valence-electron chi connectivity index (χ1n) is 9.26. The molecule has 0 radical (unpaired) electrons. The van der Waals surface area contributed by atoms with Gasteiger partial charge in [0, 0.05) is 24.7 Å². The van der Waals surface area contributed by atoms with Gasteiger partial charge in [-0.25, -0.2) is 0 Å². The molecule has 130 valence electrons. The number of rotatable bonds is 5. The topological polar surface area (TPSA) is 47.2 Å². The van der Waals surface area contributed by atoms with Gasteiger partial charge in [-0.3, -0.25) is 4.79 Å². The van der Waals surface area contributed by atoms with Crippen LogP contribution in [-0.2, 0) is 4.79 Å². The molecule has 1 aromatic heterocycles. The molecule has 4 fully saturated rings. The molecule has 4 aliphatic rings. The zero-order chi connectivity index (χ0) is 16.7. The molecular formula is C19H26N2O2S. The fourth-order valence-electron chi connectivity index (χ4n) is 5.70. The Labute approximate surface area is 148 Å². The van der Waals surface area contributed by atoms with E-state index < -0.39 is 0 Å². The lowest BCUT2D eigenvalue weighted by Gasteiger charge is -2.57. The largest absolute Gasteiger partial charge is 0.618 e. The number of carbonyl (C=O) groups is 1. The molecule has 0 saturated heterocycles. The summed E-state index contributed by atoms with van der Waals surface area (Å²) in [5.41, 5.74) is 0. The van der Waals surface area contributed by atoms with Gasteiger partial charge in [0.15, 0.2) is 6.20 Å². The predicted octanol–water partition coefficient (Wildman–Crippen LogP) is 3.09. The monoisotopic (exact) mass is 346 g/mol. The van der Waals surface area contributed by atoms with Gasteiger partial charge >= 0.3 is 0 Å². The molecular weight excluding hydrogens is 320 g/mol. The Bertz CT molecular complexity index is 593. The summed E-state index contributed by atoms with van der Waals surface area (Å²) in [6.07, 6.45) is 8.23. The molecule has 0 aliphatic heterocycles. The van der Waals surface area contributed by atoms with Crippen molar-refractivity contribution in [1.82, 2.24) is 4.90 Å². The van der Waals surface area contributed by atoms with Gasteiger partial charge < -0.3 is 10.1 Å². The van der Waals surface area contributed by atoms with Crippen LogP contribution in [0.25, 0.3) is 0 Å². The molecule has 4 aliphatic carbocycles. The summed E-state index contributed by atoms with van der Waals surface area (Å²) in [4.78, 5) is 15.0. The standard InChI is InChI=1S/C19H26N2O2S/c1-2-20(17(22)12-24-18-5-3-4-6-21(18)23)19-15-8-13-7-14(10-15)11-16(19)9-13/h3-6,13-16,19H,2,7-12H2,1H3. The zero-order valence-electron chi connectivity index (χ0n) is 14.3. The van der Waals surface area contributed by atoms with Crippen molar-refractivity contribution in [2.45, 2.75) is 50.1 Å². The van der Waals surface area contributed by atoms with Crippen LogP contribution >= 0.6 is 11.8 Å². The van der Waals surface area contributed by atoms with Crippen LogP contribution in [0.1, 0.15) is 39.0 Å². The first-order chi connectivity index (χ1) is 11.7. The van der Waals surface area contributed by atoms with Crippen LogP contribution in [0.2, 0.25) is 0 Å². The van der Waals surface area contributed by atoms with Crippen molar-refractivity contribution in [2.24, 2.45) is 23.7 Å². The first kappa shape index (κ1) is 16.2. The van der Waals surface area contributed by atoms with Gasteiger partial charge in [0.05, 0.1) is 5.75 Å². The maximum atomic E-state index is 12.9. The number of pyridine rings is 1. The van der Waals surface area contributed by atoms with Crippen LogP contribution in [0, 0.1) is 28.9 Å². The number of nitrogens with zero attached hydrogens (tertiary/aromatic N) is 2. The van der Waals surface area contributed by atoms with Crippen LogP contribution in [0.3, 0.4) is 0 Å². The maximum absolute atomic E-state index is 12.9.